The predicted molar refractivity (Wildman–Crippen MR) is 110 cm³/mol. The van der Waals surface area contributed by atoms with Gasteiger partial charge in [-0.05, 0) is 88.2 Å². The summed E-state index contributed by atoms with van der Waals surface area (Å²) in [4.78, 5) is 12.2. The Morgan fingerprint density at radius 2 is 1.85 bits per heavy atom. The second kappa shape index (κ2) is 6.93. The van der Waals surface area contributed by atoms with Crippen LogP contribution in [-0.4, -0.2) is 40.1 Å². The molecule has 0 saturated carbocycles. The lowest BCUT2D eigenvalue weighted by atomic mass is 9.94. The third-order valence-electron chi connectivity index (χ3n) is 5.66. The van der Waals surface area contributed by atoms with Crippen molar-refractivity contribution in [2.24, 2.45) is 0 Å². The standard InChI is InChI=1S/C23H27N3O/c1-14-10-16(3)22(21(27)11-14)20-12-15(2)18-7-8-19(24-23(18)25-20)17-6-5-9-26(4)13-17/h7-8,10-12,17,27H,5-6,9,13H2,1-4H3. The number of phenols is 1. The number of hydrogen-bond donors (Lipinski definition) is 1. The van der Waals surface area contributed by atoms with Crippen molar-refractivity contribution < 1.29 is 5.11 Å². The van der Waals surface area contributed by atoms with Crippen molar-refractivity contribution in [2.45, 2.75) is 39.5 Å². The first-order valence-corrected chi connectivity index (χ1v) is 9.70. The van der Waals surface area contributed by atoms with E-state index in [9.17, 15) is 5.11 Å². The fourth-order valence-corrected chi connectivity index (χ4v) is 4.33. The Balaban J connectivity index is 1.82. The average molecular weight is 361 g/mol. The summed E-state index contributed by atoms with van der Waals surface area (Å²) in [6, 6.07) is 10.2. The molecule has 4 nitrogen and oxygen atoms in total. The van der Waals surface area contributed by atoms with Gasteiger partial charge in [0.2, 0.25) is 0 Å². The molecule has 140 valence electrons. The van der Waals surface area contributed by atoms with Gasteiger partial charge in [-0.3, -0.25) is 0 Å². The molecule has 3 heterocycles. The van der Waals surface area contributed by atoms with Crippen LogP contribution in [0.5, 0.6) is 5.75 Å². The number of fused-ring (bicyclic) bond motifs is 1. The number of aromatic hydroxyl groups is 1. The van der Waals surface area contributed by atoms with Crippen LogP contribution in [0, 0.1) is 20.8 Å². The van der Waals surface area contributed by atoms with Gasteiger partial charge >= 0.3 is 0 Å². The van der Waals surface area contributed by atoms with Gasteiger partial charge in [0.1, 0.15) is 5.75 Å². The molecule has 1 unspecified atom stereocenters. The van der Waals surface area contributed by atoms with Gasteiger partial charge in [-0.15, -0.1) is 0 Å². The number of nitrogens with zero attached hydrogens (tertiary/aromatic N) is 3. The largest absolute Gasteiger partial charge is 0.507 e. The van der Waals surface area contributed by atoms with Crippen LogP contribution in [0.25, 0.3) is 22.3 Å². The lowest BCUT2D eigenvalue weighted by Gasteiger charge is -2.29. The molecule has 4 heteroatoms. The summed E-state index contributed by atoms with van der Waals surface area (Å²) >= 11 is 0. The van der Waals surface area contributed by atoms with Gasteiger partial charge in [-0.1, -0.05) is 6.07 Å². The average Bonchev–Trinajstić information content (AvgIpc) is 2.60. The van der Waals surface area contributed by atoms with Crippen molar-refractivity contribution in [3.8, 4) is 17.0 Å². The van der Waals surface area contributed by atoms with Gasteiger partial charge in [-0.25, -0.2) is 9.97 Å². The number of piperidine rings is 1. The van der Waals surface area contributed by atoms with Crippen molar-refractivity contribution in [1.29, 1.82) is 0 Å². The van der Waals surface area contributed by atoms with E-state index in [1.165, 1.54) is 12.8 Å². The Morgan fingerprint density at radius 3 is 2.59 bits per heavy atom. The Morgan fingerprint density at radius 1 is 1.04 bits per heavy atom. The highest BCUT2D eigenvalue weighted by Gasteiger charge is 2.21. The minimum atomic E-state index is 0.281. The van der Waals surface area contributed by atoms with E-state index in [1.807, 2.05) is 13.8 Å². The molecule has 1 aromatic carbocycles. The summed E-state index contributed by atoms with van der Waals surface area (Å²) in [5.74, 6) is 0.747. The molecule has 2 aromatic heterocycles. The van der Waals surface area contributed by atoms with E-state index >= 15 is 0 Å². The first kappa shape index (κ1) is 17.9. The maximum absolute atomic E-state index is 10.5. The van der Waals surface area contributed by atoms with Crippen molar-refractivity contribution in [3.63, 3.8) is 0 Å². The van der Waals surface area contributed by atoms with Crippen molar-refractivity contribution >= 4 is 11.0 Å². The monoisotopic (exact) mass is 361 g/mol. The van der Waals surface area contributed by atoms with Crippen molar-refractivity contribution in [1.82, 2.24) is 14.9 Å². The third kappa shape index (κ3) is 3.42. The SMILES string of the molecule is Cc1cc(C)c(-c2cc(C)c3ccc(C4CCCN(C)C4)nc3n2)c(O)c1. The Hall–Kier alpha value is -2.46. The summed E-state index contributed by atoms with van der Waals surface area (Å²) < 4.78 is 0. The van der Waals surface area contributed by atoms with Gasteiger partial charge in [0.05, 0.1) is 5.69 Å². The molecular formula is C23H27N3O. The smallest absolute Gasteiger partial charge is 0.160 e. The molecule has 3 aromatic rings. The first-order chi connectivity index (χ1) is 12.9. The van der Waals surface area contributed by atoms with Crippen LogP contribution >= 0.6 is 0 Å². The fraction of sp³-hybridized carbons (Fsp3) is 0.391. The zero-order valence-corrected chi connectivity index (χ0v) is 16.6. The van der Waals surface area contributed by atoms with E-state index in [-0.39, 0.29) is 5.75 Å². The summed E-state index contributed by atoms with van der Waals surface area (Å²) in [7, 11) is 2.18. The predicted octanol–water partition coefficient (Wildman–Crippen LogP) is 4.74. The van der Waals surface area contributed by atoms with E-state index < -0.39 is 0 Å². The molecule has 0 spiro atoms. The van der Waals surface area contributed by atoms with E-state index in [2.05, 4.69) is 43.1 Å². The number of rotatable bonds is 2. The van der Waals surface area contributed by atoms with Crippen LogP contribution in [0.2, 0.25) is 0 Å². The molecule has 1 fully saturated rings. The molecule has 27 heavy (non-hydrogen) atoms. The topological polar surface area (TPSA) is 49.2 Å². The van der Waals surface area contributed by atoms with E-state index in [0.29, 0.717) is 5.92 Å². The van der Waals surface area contributed by atoms with Gasteiger partial charge < -0.3 is 10.0 Å². The van der Waals surface area contributed by atoms with Crippen molar-refractivity contribution in [2.75, 3.05) is 20.1 Å². The van der Waals surface area contributed by atoms with Crippen molar-refractivity contribution in [3.05, 3.63) is 52.7 Å². The van der Waals surface area contributed by atoms with Gasteiger partial charge in [-0.2, -0.15) is 0 Å². The van der Waals surface area contributed by atoms with E-state index in [0.717, 1.165) is 57.8 Å². The Bertz CT molecular complexity index is 989. The van der Waals surface area contributed by atoms with Gasteiger partial charge in [0.25, 0.3) is 0 Å². The minimum absolute atomic E-state index is 0.281. The van der Waals surface area contributed by atoms with Gasteiger partial charge in [0.15, 0.2) is 5.65 Å². The number of aryl methyl sites for hydroxylation is 3. The molecule has 1 saturated heterocycles. The number of benzene rings is 1. The quantitative estimate of drug-likeness (QED) is 0.716. The number of pyridine rings is 2. The molecule has 1 aliphatic rings. The molecular weight excluding hydrogens is 334 g/mol. The molecule has 0 bridgehead atoms. The maximum atomic E-state index is 10.5. The number of aromatic nitrogens is 2. The molecule has 0 amide bonds. The molecule has 1 atom stereocenters. The molecule has 1 aliphatic heterocycles. The Labute approximate surface area is 160 Å². The third-order valence-corrected chi connectivity index (χ3v) is 5.66. The van der Waals surface area contributed by atoms with Crippen LogP contribution in [-0.2, 0) is 0 Å². The van der Waals surface area contributed by atoms with Crippen LogP contribution in [0.15, 0.2) is 30.3 Å². The molecule has 1 N–H and O–H groups in total. The molecule has 0 aliphatic carbocycles. The summed E-state index contributed by atoms with van der Waals surface area (Å²) in [6.45, 7) is 8.31. The van der Waals surface area contributed by atoms with Crippen LogP contribution in [0.4, 0.5) is 0 Å². The normalized spacial score (nSPS) is 18.1. The second-order valence-electron chi connectivity index (χ2n) is 8.01. The van der Waals surface area contributed by atoms with Gasteiger partial charge in [0, 0.05) is 29.1 Å². The maximum Gasteiger partial charge on any atom is 0.160 e. The zero-order chi connectivity index (χ0) is 19.1. The molecule has 0 radical (unpaired) electrons. The summed E-state index contributed by atoms with van der Waals surface area (Å²) in [5, 5.41) is 11.6. The van der Waals surface area contributed by atoms with Crippen LogP contribution in [0.3, 0.4) is 0 Å². The number of likely N-dealkylation sites (tertiary alicyclic amines) is 1. The Kier molecular flexibility index (Phi) is 4.60. The van der Waals surface area contributed by atoms with E-state index in [4.69, 9.17) is 9.97 Å². The highest BCUT2D eigenvalue weighted by molar-refractivity contribution is 5.84. The van der Waals surface area contributed by atoms with Crippen LogP contribution in [0.1, 0.15) is 41.1 Å². The zero-order valence-electron chi connectivity index (χ0n) is 16.6. The lowest BCUT2D eigenvalue weighted by molar-refractivity contribution is 0.248. The summed E-state index contributed by atoms with van der Waals surface area (Å²) in [5.41, 5.74) is 6.71. The van der Waals surface area contributed by atoms with Crippen LogP contribution < -0.4 is 0 Å². The first-order valence-electron chi connectivity index (χ1n) is 9.70. The number of likely N-dealkylation sites (N-methyl/N-ethyl adjacent to an activating group) is 1. The number of phenolic OH excluding ortho intramolecular Hbond substituents is 1. The highest BCUT2D eigenvalue weighted by atomic mass is 16.3. The molecule has 4 rings (SSSR count). The minimum Gasteiger partial charge on any atom is -0.507 e. The number of hydrogen-bond acceptors (Lipinski definition) is 4. The second-order valence-corrected chi connectivity index (χ2v) is 8.01. The fourth-order valence-electron chi connectivity index (χ4n) is 4.33. The highest BCUT2D eigenvalue weighted by Crippen LogP contribution is 2.34. The van der Waals surface area contributed by atoms with E-state index in [1.54, 1.807) is 6.07 Å². The summed E-state index contributed by atoms with van der Waals surface area (Å²) in [6.07, 6.45) is 2.39. The lowest BCUT2D eigenvalue weighted by Crippen LogP contribution is -2.31.